The van der Waals surface area contributed by atoms with E-state index in [4.69, 9.17) is 0 Å². The molecule has 2 amide bonds. The van der Waals surface area contributed by atoms with Crippen molar-refractivity contribution < 1.29 is 9.59 Å². The third kappa shape index (κ3) is 9.01. The summed E-state index contributed by atoms with van der Waals surface area (Å²) in [7, 11) is 1.75. The average molecular weight is 450 g/mol. The van der Waals surface area contributed by atoms with Gasteiger partial charge in [0.1, 0.15) is 0 Å². The van der Waals surface area contributed by atoms with Crippen LogP contribution in [-0.2, 0) is 22.4 Å². The Morgan fingerprint density at radius 1 is 0.909 bits per heavy atom. The van der Waals surface area contributed by atoms with Crippen LogP contribution in [0, 0.1) is 5.92 Å². The van der Waals surface area contributed by atoms with Crippen LogP contribution in [0.3, 0.4) is 0 Å². The van der Waals surface area contributed by atoms with Crippen molar-refractivity contribution in [1.29, 1.82) is 0 Å². The molecule has 5 nitrogen and oxygen atoms in total. The highest BCUT2D eigenvalue weighted by Crippen LogP contribution is 2.15. The van der Waals surface area contributed by atoms with Crippen molar-refractivity contribution in [2.75, 3.05) is 26.7 Å². The molecule has 0 saturated carbocycles. The van der Waals surface area contributed by atoms with Crippen LogP contribution in [0.25, 0.3) is 0 Å². The number of aryl methyl sites for hydroxylation is 2. The van der Waals surface area contributed by atoms with Gasteiger partial charge in [0.2, 0.25) is 11.8 Å². The molecule has 0 radical (unpaired) electrons. The molecule has 1 aliphatic rings. The summed E-state index contributed by atoms with van der Waals surface area (Å²) in [5.41, 5.74) is 2.67. The van der Waals surface area contributed by atoms with E-state index in [0.717, 1.165) is 64.5 Å². The first-order valence-corrected chi connectivity index (χ1v) is 12.4. The molecule has 0 spiro atoms. The standard InChI is InChI=1S/C28H39N3O2/c1-31(28(33)25-18-20-29-21-19-25)22-27(32)30-26(16-8-14-23-10-4-2-5-11-23)17-9-15-24-12-6-3-7-13-24/h2-7,10-13,25-26,29H,8-9,14-22H2,1H3,(H,30,32). The minimum Gasteiger partial charge on any atom is -0.352 e. The zero-order chi connectivity index (χ0) is 23.3. The van der Waals surface area contributed by atoms with Gasteiger partial charge in [-0.15, -0.1) is 0 Å². The molecule has 2 aromatic carbocycles. The Morgan fingerprint density at radius 2 is 1.42 bits per heavy atom. The van der Waals surface area contributed by atoms with Gasteiger partial charge in [-0.2, -0.15) is 0 Å². The minimum atomic E-state index is -0.0517. The monoisotopic (exact) mass is 449 g/mol. The minimum absolute atomic E-state index is 0.0385. The lowest BCUT2D eigenvalue weighted by atomic mass is 9.96. The van der Waals surface area contributed by atoms with E-state index < -0.39 is 0 Å². The maximum atomic E-state index is 12.8. The molecule has 0 unspecified atom stereocenters. The molecule has 0 atom stereocenters. The average Bonchev–Trinajstić information content (AvgIpc) is 2.85. The smallest absolute Gasteiger partial charge is 0.239 e. The molecule has 0 aliphatic carbocycles. The van der Waals surface area contributed by atoms with E-state index in [0.29, 0.717) is 0 Å². The number of nitrogens with zero attached hydrogens (tertiary/aromatic N) is 1. The number of piperidine rings is 1. The van der Waals surface area contributed by atoms with Crippen LogP contribution in [0.1, 0.15) is 49.7 Å². The van der Waals surface area contributed by atoms with Crippen LogP contribution in [0.15, 0.2) is 60.7 Å². The number of nitrogens with one attached hydrogen (secondary N) is 2. The SMILES string of the molecule is CN(CC(=O)NC(CCCc1ccccc1)CCCc1ccccc1)C(=O)C1CCNCC1. The fourth-order valence-electron chi connectivity index (χ4n) is 4.63. The lowest BCUT2D eigenvalue weighted by molar-refractivity contribution is -0.138. The molecule has 1 aliphatic heterocycles. The van der Waals surface area contributed by atoms with Gasteiger partial charge >= 0.3 is 0 Å². The van der Waals surface area contributed by atoms with E-state index in [-0.39, 0.29) is 30.3 Å². The first kappa shape index (κ1) is 25.0. The third-order valence-corrected chi connectivity index (χ3v) is 6.53. The topological polar surface area (TPSA) is 61.4 Å². The second-order valence-corrected chi connectivity index (χ2v) is 9.24. The maximum Gasteiger partial charge on any atom is 0.239 e. The summed E-state index contributed by atoms with van der Waals surface area (Å²) in [6.45, 7) is 1.89. The van der Waals surface area contributed by atoms with Crippen LogP contribution in [0.5, 0.6) is 0 Å². The van der Waals surface area contributed by atoms with Crippen molar-refractivity contribution in [3.63, 3.8) is 0 Å². The fraction of sp³-hybridized carbons (Fsp3) is 0.500. The highest BCUT2D eigenvalue weighted by atomic mass is 16.2. The Bertz CT molecular complexity index is 789. The zero-order valence-corrected chi connectivity index (χ0v) is 20.0. The molecular weight excluding hydrogens is 410 g/mol. The third-order valence-electron chi connectivity index (χ3n) is 6.53. The molecule has 3 rings (SSSR count). The van der Waals surface area contributed by atoms with Crippen molar-refractivity contribution in [3.05, 3.63) is 71.8 Å². The second-order valence-electron chi connectivity index (χ2n) is 9.24. The molecule has 2 aromatic rings. The first-order valence-electron chi connectivity index (χ1n) is 12.4. The Balaban J connectivity index is 1.48. The van der Waals surface area contributed by atoms with Gasteiger partial charge in [-0.1, -0.05) is 60.7 Å². The summed E-state index contributed by atoms with van der Waals surface area (Å²) in [6.07, 6.45) is 7.69. The maximum absolute atomic E-state index is 12.8. The molecular formula is C28H39N3O2. The van der Waals surface area contributed by atoms with E-state index in [1.54, 1.807) is 11.9 Å². The van der Waals surface area contributed by atoms with Crippen molar-refractivity contribution in [2.45, 2.75) is 57.4 Å². The first-order chi connectivity index (χ1) is 16.1. The summed E-state index contributed by atoms with van der Waals surface area (Å²) in [4.78, 5) is 27.1. The van der Waals surface area contributed by atoms with Gasteiger partial charge in [0, 0.05) is 19.0 Å². The predicted octanol–water partition coefficient (Wildman–Crippen LogP) is 3.98. The number of rotatable bonds is 12. The molecule has 1 saturated heterocycles. The van der Waals surface area contributed by atoms with Gasteiger partial charge < -0.3 is 15.5 Å². The number of amides is 2. The van der Waals surface area contributed by atoms with Crippen molar-refractivity contribution in [2.24, 2.45) is 5.92 Å². The summed E-state index contributed by atoms with van der Waals surface area (Å²) in [6, 6.07) is 21.1. The molecule has 178 valence electrons. The largest absolute Gasteiger partial charge is 0.352 e. The van der Waals surface area contributed by atoms with Crippen molar-refractivity contribution >= 4 is 11.8 Å². The van der Waals surface area contributed by atoms with E-state index in [1.807, 2.05) is 12.1 Å². The van der Waals surface area contributed by atoms with Gasteiger partial charge in [-0.05, 0) is 75.6 Å². The molecule has 0 aromatic heterocycles. The number of hydrogen-bond donors (Lipinski definition) is 2. The number of carbonyl (C=O) groups is 2. The second kappa shape index (κ2) is 13.8. The lowest BCUT2D eigenvalue weighted by Gasteiger charge is -2.27. The highest BCUT2D eigenvalue weighted by molar-refractivity contribution is 5.85. The fourth-order valence-corrected chi connectivity index (χ4v) is 4.63. The van der Waals surface area contributed by atoms with Crippen LogP contribution >= 0.6 is 0 Å². The van der Waals surface area contributed by atoms with Crippen LogP contribution < -0.4 is 10.6 Å². The summed E-state index contributed by atoms with van der Waals surface area (Å²) in [5.74, 6) is 0.0807. The lowest BCUT2D eigenvalue weighted by Crippen LogP contribution is -2.45. The number of hydrogen-bond acceptors (Lipinski definition) is 3. The molecule has 1 fully saturated rings. The van der Waals surface area contributed by atoms with E-state index in [1.165, 1.54) is 11.1 Å². The van der Waals surface area contributed by atoms with Crippen LogP contribution in [0.2, 0.25) is 0 Å². The van der Waals surface area contributed by atoms with Crippen molar-refractivity contribution in [3.8, 4) is 0 Å². The Labute approximate surface area is 199 Å². The molecule has 5 heteroatoms. The van der Waals surface area contributed by atoms with Gasteiger partial charge in [0.05, 0.1) is 6.54 Å². The van der Waals surface area contributed by atoms with Gasteiger partial charge in [0.25, 0.3) is 0 Å². The molecule has 2 N–H and O–H groups in total. The van der Waals surface area contributed by atoms with E-state index >= 15 is 0 Å². The Hall–Kier alpha value is -2.66. The number of carbonyl (C=O) groups excluding carboxylic acids is 2. The van der Waals surface area contributed by atoms with Gasteiger partial charge in [0.15, 0.2) is 0 Å². The highest BCUT2D eigenvalue weighted by Gasteiger charge is 2.25. The Kier molecular flexibility index (Phi) is 10.4. The Morgan fingerprint density at radius 3 is 1.94 bits per heavy atom. The van der Waals surface area contributed by atoms with Crippen LogP contribution in [-0.4, -0.2) is 49.4 Å². The molecule has 33 heavy (non-hydrogen) atoms. The summed E-state index contributed by atoms with van der Waals surface area (Å²) in [5, 5.41) is 6.52. The van der Waals surface area contributed by atoms with Crippen molar-refractivity contribution in [1.82, 2.24) is 15.5 Å². The normalized spacial score (nSPS) is 14.2. The molecule has 1 heterocycles. The quantitative estimate of drug-likeness (QED) is 0.515. The van der Waals surface area contributed by atoms with Gasteiger partial charge in [-0.3, -0.25) is 9.59 Å². The summed E-state index contributed by atoms with van der Waals surface area (Å²) >= 11 is 0. The molecule has 0 bridgehead atoms. The number of benzene rings is 2. The van der Waals surface area contributed by atoms with E-state index in [9.17, 15) is 9.59 Å². The van der Waals surface area contributed by atoms with E-state index in [2.05, 4.69) is 59.2 Å². The summed E-state index contributed by atoms with van der Waals surface area (Å²) < 4.78 is 0. The van der Waals surface area contributed by atoms with Gasteiger partial charge in [-0.25, -0.2) is 0 Å². The predicted molar refractivity (Wildman–Crippen MR) is 134 cm³/mol. The number of likely N-dealkylation sites (N-methyl/N-ethyl adjacent to an activating group) is 1. The van der Waals surface area contributed by atoms with Crippen LogP contribution in [0.4, 0.5) is 0 Å². The zero-order valence-electron chi connectivity index (χ0n) is 20.0.